The lowest BCUT2D eigenvalue weighted by Gasteiger charge is -2.14. The van der Waals surface area contributed by atoms with E-state index >= 15 is 0 Å². The molecule has 4 nitrogen and oxygen atoms in total. The van der Waals surface area contributed by atoms with Gasteiger partial charge in [-0.3, -0.25) is 4.72 Å². The van der Waals surface area contributed by atoms with Gasteiger partial charge in [0.25, 0.3) is 10.0 Å². The molecule has 3 N–H and O–H groups in total. The van der Waals surface area contributed by atoms with Crippen LogP contribution in [0.25, 0.3) is 0 Å². The van der Waals surface area contributed by atoms with Crippen LogP contribution in [0.4, 0.5) is 10.1 Å². The van der Waals surface area contributed by atoms with E-state index < -0.39 is 15.8 Å². The van der Waals surface area contributed by atoms with Crippen molar-refractivity contribution in [3.8, 4) is 0 Å². The molecule has 0 spiro atoms. The number of aryl methyl sites for hydroxylation is 1. The molecule has 0 radical (unpaired) electrons. The third-order valence-electron chi connectivity index (χ3n) is 3.36. The van der Waals surface area contributed by atoms with Gasteiger partial charge in [-0.2, -0.15) is 0 Å². The Balaban J connectivity index is 2.49. The highest BCUT2D eigenvalue weighted by Crippen LogP contribution is 2.25. The van der Waals surface area contributed by atoms with Crippen molar-refractivity contribution in [2.24, 2.45) is 5.73 Å². The third kappa shape index (κ3) is 3.06. The lowest BCUT2D eigenvalue weighted by molar-refractivity contribution is 0.597. The van der Waals surface area contributed by atoms with Gasteiger partial charge in [0, 0.05) is 6.54 Å². The number of anilines is 1. The van der Waals surface area contributed by atoms with Gasteiger partial charge in [-0.05, 0) is 42.7 Å². The van der Waals surface area contributed by atoms with Crippen LogP contribution in [-0.4, -0.2) is 8.42 Å². The number of nitrogens with two attached hydrogens (primary N) is 1. The zero-order chi connectivity index (χ0) is 15.6. The minimum absolute atomic E-state index is 0.0324. The van der Waals surface area contributed by atoms with Crippen molar-refractivity contribution in [3.05, 3.63) is 58.9 Å². The molecule has 0 bridgehead atoms. The Morgan fingerprint density at radius 1 is 1.14 bits per heavy atom. The zero-order valence-corrected chi connectivity index (χ0v) is 12.7. The van der Waals surface area contributed by atoms with Crippen LogP contribution >= 0.6 is 0 Å². The fraction of sp³-hybridized carbons (Fsp3) is 0.200. The number of benzene rings is 2. The maximum Gasteiger partial charge on any atom is 0.262 e. The van der Waals surface area contributed by atoms with Gasteiger partial charge >= 0.3 is 0 Å². The van der Waals surface area contributed by atoms with Crippen LogP contribution in [-0.2, 0) is 16.6 Å². The molecule has 0 saturated carbocycles. The first-order chi connectivity index (χ1) is 9.86. The van der Waals surface area contributed by atoms with Gasteiger partial charge in [0.1, 0.15) is 5.82 Å². The highest BCUT2D eigenvalue weighted by atomic mass is 32.2. The lowest BCUT2D eigenvalue weighted by Crippen LogP contribution is -2.17. The molecule has 2 aromatic carbocycles. The second kappa shape index (κ2) is 5.83. The van der Waals surface area contributed by atoms with Gasteiger partial charge in [0.15, 0.2) is 0 Å². The van der Waals surface area contributed by atoms with Crippen molar-refractivity contribution in [2.45, 2.75) is 25.3 Å². The van der Waals surface area contributed by atoms with Crippen molar-refractivity contribution in [2.75, 3.05) is 4.72 Å². The SMILES string of the molecule is Cc1cccc(F)c1NS(=O)(=O)c1cccc(CN)c1C. The first kappa shape index (κ1) is 15.5. The van der Waals surface area contributed by atoms with Crippen molar-refractivity contribution in [1.82, 2.24) is 0 Å². The predicted molar refractivity (Wildman–Crippen MR) is 81.0 cm³/mol. The molecule has 0 aromatic heterocycles. The van der Waals surface area contributed by atoms with E-state index in [4.69, 9.17) is 5.73 Å². The molecule has 0 amide bonds. The molecule has 21 heavy (non-hydrogen) atoms. The number of hydrogen-bond acceptors (Lipinski definition) is 3. The van der Waals surface area contributed by atoms with Crippen LogP contribution in [0.1, 0.15) is 16.7 Å². The summed E-state index contributed by atoms with van der Waals surface area (Å²) in [7, 11) is -3.87. The van der Waals surface area contributed by atoms with Gasteiger partial charge in [0.2, 0.25) is 0 Å². The average Bonchev–Trinajstić information content (AvgIpc) is 2.43. The van der Waals surface area contributed by atoms with Crippen LogP contribution in [0.3, 0.4) is 0 Å². The van der Waals surface area contributed by atoms with Crippen LogP contribution in [0, 0.1) is 19.7 Å². The zero-order valence-electron chi connectivity index (χ0n) is 11.9. The molecule has 0 atom stereocenters. The Morgan fingerprint density at radius 2 is 1.81 bits per heavy atom. The fourth-order valence-corrected chi connectivity index (χ4v) is 3.55. The van der Waals surface area contributed by atoms with E-state index in [9.17, 15) is 12.8 Å². The van der Waals surface area contributed by atoms with Gasteiger partial charge < -0.3 is 5.73 Å². The van der Waals surface area contributed by atoms with Crippen molar-refractivity contribution in [1.29, 1.82) is 0 Å². The fourth-order valence-electron chi connectivity index (χ4n) is 2.12. The normalized spacial score (nSPS) is 11.4. The molecule has 0 unspecified atom stereocenters. The van der Waals surface area contributed by atoms with E-state index in [1.807, 2.05) is 0 Å². The molecule has 0 aliphatic heterocycles. The Labute approximate surface area is 123 Å². The van der Waals surface area contributed by atoms with Crippen LogP contribution in [0.2, 0.25) is 0 Å². The minimum Gasteiger partial charge on any atom is -0.326 e. The van der Waals surface area contributed by atoms with Gasteiger partial charge in [-0.25, -0.2) is 12.8 Å². The van der Waals surface area contributed by atoms with E-state index in [-0.39, 0.29) is 17.1 Å². The molecular weight excluding hydrogens is 291 g/mol. The first-order valence-corrected chi connectivity index (χ1v) is 7.91. The van der Waals surface area contributed by atoms with Gasteiger partial charge in [-0.15, -0.1) is 0 Å². The standard InChI is InChI=1S/C15H17FN2O2S/c1-10-5-3-7-13(16)15(10)18-21(19,20)14-8-4-6-12(9-17)11(14)2/h3-8,18H,9,17H2,1-2H3. The Bertz CT molecular complexity index is 753. The largest absolute Gasteiger partial charge is 0.326 e. The summed E-state index contributed by atoms with van der Waals surface area (Å²) in [6, 6.07) is 9.26. The summed E-state index contributed by atoms with van der Waals surface area (Å²) in [4.78, 5) is 0.105. The van der Waals surface area contributed by atoms with E-state index in [1.54, 1.807) is 32.0 Å². The Hall–Kier alpha value is -1.92. The monoisotopic (exact) mass is 308 g/mol. The highest BCUT2D eigenvalue weighted by Gasteiger charge is 2.20. The smallest absolute Gasteiger partial charge is 0.262 e. The molecule has 112 valence electrons. The van der Waals surface area contributed by atoms with E-state index in [0.717, 1.165) is 5.56 Å². The van der Waals surface area contributed by atoms with Crippen LogP contribution in [0.5, 0.6) is 0 Å². The molecular formula is C15H17FN2O2S. The Morgan fingerprint density at radius 3 is 2.43 bits per heavy atom. The number of halogens is 1. The Kier molecular flexibility index (Phi) is 4.29. The summed E-state index contributed by atoms with van der Waals surface area (Å²) in [5.41, 5.74) is 7.39. The summed E-state index contributed by atoms with van der Waals surface area (Å²) >= 11 is 0. The van der Waals surface area contributed by atoms with Crippen molar-refractivity contribution >= 4 is 15.7 Å². The predicted octanol–water partition coefficient (Wildman–Crippen LogP) is 2.70. The molecule has 6 heteroatoms. The quantitative estimate of drug-likeness (QED) is 0.912. The number of nitrogens with one attached hydrogen (secondary N) is 1. The van der Waals surface area contributed by atoms with Gasteiger partial charge in [0.05, 0.1) is 10.6 Å². The van der Waals surface area contributed by atoms with E-state index in [1.165, 1.54) is 18.2 Å². The number of para-hydroxylation sites is 1. The molecule has 2 rings (SSSR count). The van der Waals surface area contributed by atoms with E-state index in [2.05, 4.69) is 4.72 Å². The second-order valence-electron chi connectivity index (χ2n) is 4.78. The minimum atomic E-state index is -3.87. The van der Waals surface area contributed by atoms with Crippen molar-refractivity contribution in [3.63, 3.8) is 0 Å². The summed E-state index contributed by atoms with van der Waals surface area (Å²) in [5, 5.41) is 0. The van der Waals surface area contributed by atoms with Crippen molar-refractivity contribution < 1.29 is 12.8 Å². The van der Waals surface area contributed by atoms with E-state index in [0.29, 0.717) is 11.1 Å². The molecule has 0 saturated heterocycles. The summed E-state index contributed by atoms with van der Waals surface area (Å²) in [5.74, 6) is -0.605. The van der Waals surface area contributed by atoms with Crippen LogP contribution < -0.4 is 10.5 Å². The number of rotatable bonds is 4. The van der Waals surface area contributed by atoms with Crippen LogP contribution in [0.15, 0.2) is 41.3 Å². The maximum atomic E-state index is 13.8. The lowest BCUT2D eigenvalue weighted by atomic mass is 10.1. The molecule has 0 aliphatic rings. The molecule has 0 fully saturated rings. The first-order valence-electron chi connectivity index (χ1n) is 6.43. The molecule has 0 heterocycles. The molecule has 2 aromatic rings. The number of sulfonamides is 1. The summed E-state index contributed by atoms with van der Waals surface area (Å²) in [6.45, 7) is 3.57. The topological polar surface area (TPSA) is 72.2 Å². The summed E-state index contributed by atoms with van der Waals surface area (Å²) < 4.78 is 41.1. The third-order valence-corrected chi connectivity index (χ3v) is 4.86. The number of hydrogen-bond donors (Lipinski definition) is 2. The van der Waals surface area contributed by atoms with Gasteiger partial charge in [-0.1, -0.05) is 24.3 Å². The average molecular weight is 308 g/mol. The summed E-state index contributed by atoms with van der Waals surface area (Å²) in [6.07, 6.45) is 0. The maximum absolute atomic E-state index is 13.8. The molecule has 0 aliphatic carbocycles. The highest BCUT2D eigenvalue weighted by molar-refractivity contribution is 7.92. The second-order valence-corrected chi connectivity index (χ2v) is 6.43.